The maximum absolute atomic E-state index is 13.5. The van der Waals surface area contributed by atoms with E-state index in [0.717, 1.165) is 29.9 Å². The van der Waals surface area contributed by atoms with E-state index in [1.807, 2.05) is 24.3 Å². The lowest BCUT2D eigenvalue weighted by Gasteiger charge is -2.28. The lowest BCUT2D eigenvalue weighted by atomic mass is 10.1. The smallest absolute Gasteiger partial charge is 0.270 e. The summed E-state index contributed by atoms with van der Waals surface area (Å²) in [6, 6.07) is 14.0. The summed E-state index contributed by atoms with van der Waals surface area (Å²) >= 11 is 0. The Morgan fingerprint density at radius 1 is 0.973 bits per heavy atom. The second kappa shape index (κ2) is 10.7. The van der Waals surface area contributed by atoms with Crippen molar-refractivity contribution in [1.29, 1.82) is 0 Å². The molecule has 0 saturated carbocycles. The van der Waals surface area contributed by atoms with E-state index in [4.69, 9.17) is 4.74 Å². The number of halogens is 1. The predicted molar refractivity (Wildman–Crippen MR) is 134 cm³/mol. The van der Waals surface area contributed by atoms with Gasteiger partial charge in [-0.3, -0.25) is 9.59 Å². The van der Waals surface area contributed by atoms with Crippen LogP contribution in [0, 0.1) is 12.7 Å². The van der Waals surface area contributed by atoms with Crippen molar-refractivity contribution in [3.8, 4) is 0 Å². The molecule has 37 heavy (non-hydrogen) atoms. The molecule has 190 valence electrons. The van der Waals surface area contributed by atoms with Crippen LogP contribution in [0.5, 0.6) is 0 Å². The van der Waals surface area contributed by atoms with Crippen molar-refractivity contribution in [1.82, 2.24) is 30.2 Å². The number of anilines is 1. The van der Waals surface area contributed by atoms with Crippen LogP contribution in [0.4, 0.5) is 10.1 Å². The third-order valence-electron chi connectivity index (χ3n) is 6.16. The number of amides is 2. The SMILES string of the molecule is Cc1cc(CNC(=O)c2cc(C(=O)NCc3ccc(N4CCOCC4)cc3)n3ncnc3n2)ccc1F. The standard InChI is InChI=1S/C26H26FN7O3/c1-17-12-19(4-7-21(17)27)15-28-24(35)22-13-23(34-26(32-22)30-16-31-34)25(36)29-14-18-2-5-20(6-3-18)33-8-10-37-11-9-33/h2-7,12-13,16H,8-11,14-15H2,1H3,(H,28,35)(H,29,36). The van der Waals surface area contributed by atoms with Crippen molar-refractivity contribution in [3.63, 3.8) is 0 Å². The van der Waals surface area contributed by atoms with E-state index in [2.05, 4.69) is 30.6 Å². The third kappa shape index (κ3) is 5.56. The van der Waals surface area contributed by atoms with Gasteiger partial charge < -0.3 is 20.3 Å². The second-order valence-corrected chi connectivity index (χ2v) is 8.71. The van der Waals surface area contributed by atoms with E-state index in [9.17, 15) is 14.0 Å². The quantitative estimate of drug-likeness (QED) is 0.398. The van der Waals surface area contributed by atoms with Crippen LogP contribution in [0.15, 0.2) is 54.9 Å². The Morgan fingerprint density at radius 2 is 1.68 bits per heavy atom. The summed E-state index contributed by atoms with van der Waals surface area (Å²) in [4.78, 5) is 36.4. The summed E-state index contributed by atoms with van der Waals surface area (Å²) in [6.45, 7) is 5.27. The van der Waals surface area contributed by atoms with E-state index < -0.39 is 11.8 Å². The molecule has 1 saturated heterocycles. The molecule has 1 aliphatic rings. The molecule has 3 heterocycles. The summed E-state index contributed by atoms with van der Waals surface area (Å²) in [6.07, 6.45) is 1.27. The van der Waals surface area contributed by atoms with Gasteiger partial charge in [0.1, 0.15) is 23.5 Å². The van der Waals surface area contributed by atoms with Crippen LogP contribution in [0.1, 0.15) is 37.7 Å². The molecule has 0 spiro atoms. The van der Waals surface area contributed by atoms with E-state index in [0.29, 0.717) is 25.3 Å². The number of aromatic nitrogens is 4. The zero-order valence-electron chi connectivity index (χ0n) is 20.3. The molecule has 1 fully saturated rings. The molecule has 10 nitrogen and oxygen atoms in total. The fourth-order valence-electron chi connectivity index (χ4n) is 4.10. The van der Waals surface area contributed by atoms with Crippen LogP contribution >= 0.6 is 0 Å². The highest BCUT2D eigenvalue weighted by molar-refractivity contribution is 5.98. The highest BCUT2D eigenvalue weighted by Gasteiger charge is 2.18. The predicted octanol–water partition coefficient (Wildman–Crippen LogP) is 2.27. The number of nitrogens with one attached hydrogen (secondary N) is 2. The van der Waals surface area contributed by atoms with Gasteiger partial charge in [0.2, 0.25) is 0 Å². The Morgan fingerprint density at radius 3 is 2.43 bits per heavy atom. The molecule has 2 aromatic carbocycles. The van der Waals surface area contributed by atoms with Gasteiger partial charge in [-0.2, -0.15) is 14.6 Å². The lowest BCUT2D eigenvalue weighted by Crippen LogP contribution is -2.36. The van der Waals surface area contributed by atoms with Gasteiger partial charge in [0.25, 0.3) is 17.6 Å². The van der Waals surface area contributed by atoms with Gasteiger partial charge in [-0.25, -0.2) is 9.37 Å². The Hall–Kier alpha value is -4.38. The normalized spacial score (nSPS) is 13.5. The zero-order valence-corrected chi connectivity index (χ0v) is 20.3. The van der Waals surface area contributed by atoms with Crippen molar-refractivity contribution >= 4 is 23.3 Å². The highest BCUT2D eigenvalue weighted by atomic mass is 19.1. The second-order valence-electron chi connectivity index (χ2n) is 8.71. The fraction of sp³-hybridized carbons (Fsp3) is 0.269. The minimum atomic E-state index is -0.486. The van der Waals surface area contributed by atoms with Crippen molar-refractivity contribution in [2.45, 2.75) is 20.0 Å². The molecule has 0 aliphatic carbocycles. The molecule has 2 amide bonds. The first-order valence-corrected chi connectivity index (χ1v) is 11.9. The van der Waals surface area contributed by atoms with Gasteiger partial charge in [0.15, 0.2) is 0 Å². The summed E-state index contributed by atoms with van der Waals surface area (Å²) < 4.78 is 20.2. The minimum Gasteiger partial charge on any atom is -0.378 e. The third-order valence-corrected chi connectivity index (χ3v) is 6.16. The van der Waals surface area contributed by atoms with E-state index in [-0.39, 0.29) is 29.5 Å². The summed E-state index contributed by atoms with van der Waals surface area (Å²) in [5, 5.41) is 9.70. The molecule has 5 rings (SSSR count). The van der Waals surface area contributed by atoms with Crippen molar-refractivity contribution in [2.24, 2.45) is 0 Å². The molecule has 0 bridgehead atoms. The van der Waals surface area contributed by atoms with Crippen LogP contribution in [-0.2, 0) is 17.8 Å². The molecule has 2 N–H and O–H groups in total. The van der Waals surface area contributed by atoms with Crippen LogP contribution in [0.25, 0.3) is 5.78 Å². The Balaban J connectivity index is 1.26. The van der Waals surface area contributed by atoms with Crippen LogP contribution in [-0.4, -0.2) is 57.7 Å². The maximum atomic E-state index is 13.5. The molecule has 4 aromatic rings. The molecular formula is C26H26FN7O3. The number of aryl methyl sites for hydroxylation is 1. The first kappa shape index (κ1) is 24.3. The van der Waals surface area contributed by atoms with Crippen molar-refractivity contribution in [3.05, 3.63) is 88.8 Å². The number of carbonyl (C=O) groups excluding carboxylic acids is 2. The molecule has 0 radical (unpaired) electrons. The monoisotopic (exact) mass is 503 g/mol. The van der Waals surface area contributed by atoms with Crippen molar-refractivity contribution in [2.75, 3.05) is 31.2 Å². The van der Waals surface area contributed by atoms with Crippen LogP contribution < -0.4 is 15.5 Å². The van der Waals surface area contributed by atoms with Gasteiger partial charge in [0.05, 0.1) is 13.2 Å². The number of hydrogen-bond acceptors (Lipinski definition) is 7. The van der Waals surface area contributed by atoms with Gasteiger partial charge in [0, 0.05) is 37.9 Å². The molecule has 0 atom stereocenters. The average Bonchev–Trinajstić information content (AvgIpc) is 3.41. The first-order chi connectivity index (χ1) is 18.0. The minimum absolute atomic E-state index is 0.0272. The fourth-order valence-corrected chi connectivity index (χ4v) is 4.10. The van der Waals surface area contributed by atoms with Gasteiger partial charge in [-0.05, 0) is 41.8 Å². The Bertz CT molecular complexity index is 1430. The number of rotatable bonds is 7. The van der Waals surface area contributed by atoms with Gasteiger partial charge in [-0.15, -0.1) is 0 Å². The number of hydrogen-bond donors (Lipinski definition) is 2. The number of ether oxygens (including phenoxy) is 1. The first-order valence-electron chi connectivity index (χ1n) is 11.9. The number of fused-ring (bicyclic) bond motifs is 1. The van der Waals surface area contributed by atoms with Gasteiger partial charge in [-0.1, -0.05) is 24.3 Å². The topological polar surface area (TPSA) is 114 Å². The summed E-state index contributed by atoms with van der Waals surface area (Å²) in [7, 11) is 0. The highest BCUT2D eigenvalue weighted by Crippen LogP contribution is 2.17. The number of benzene rings is 2. The Labute approximate surface area is 212 Å². The molecule has 0 unspecified atom stereocenters. The van der Waals surface area contributed by atoms with Gasteiger partial charge >= 0.3 is 0 Å². The van der Waals surface area contributed by atoms with Crippen molar-refractivity contribution < 1.29 is 18.7 Å². The molecular weight excluding hydrogens is 477 g/mol. The number of morpholine rings is 1. The summed E-state index contributed by atoms with van der Waals surface area (Å²) in [5.74, 6) is -1.08. The number of nitrogens with zero attached hydrogens (tertiary/aromatic N) is 5. The lowest BCUT2D eigenvalue weighted by molar-refractivity contribution is 0.0942. The Kier molecular flexibility index (Phi) is 7.04. The van der Waals surface area contributed by atoms with Crippen LogP contribution in [0.3, 0.4) is 0 Å². The zero-order chi connectivity index (χ0) is 25.8. The largest absolute Gasteiger partial charge is 0.378 e. The molecule has 2 aromatic heterocycles. The van der Waals surface area contributed by atoms with E-state index >= 15 is 0 Å². The average molecular weight is 504 g/mol. The molecule has 1 aliphatic heterocycles. The van der Waals surface area contributed by atoms with E-state index in [1.54, 1.807) is 19.1 Å². The summed E-state index contributed by atoms with van der Waals surface area (Å²) in [5.41, 5.74) is 3.44. The van der Waals surface area contributed by atoms with E-state index in [1.165, 1.54) is 23.0 Å². The maximum Gasteiger partial charge on any atom is 0.270 e. The number of carbonyl (C=O) groups is 2. The molecule has 11 heteroatoms. The van der Waals surface area contributed by atoms with Crippen LogP contribution in [0.2, 0.25) is 0 Å².